The summed E-state index contributed by atoms with van der Waals surface area (Å²) in [6, 6.07) is 0. The molecule has 0 fully saturated rings. The fourth-order valence-corrected chi connectivity index (χ4v) is 4.00. The number of hydrogen-bond acceptors (Lipinski definition) is 4. The first-order chi connectivity index (χ1) is 11.4. The van der Waals surface area contributed by atoms with Crippen LogP contribution in [-0.2, 0) is 10.1 Å². The number of unbranched alkanes of at least 4 members (excludes halogenated alkanes) is 8. The van der Waals surface area contributed by atoms with Crippen molar-refractivity contribution in [1.29, 1.82) is 0 Å². The van der Waals surface area contributed by atoms with Gasteiger partial charge < -0.3 is 9.66 Å². The summed E-state index contributed by atoms with van der Waals surface area (Å²) in [6.45, 7) is 4.16. The molecule has 0 saturated heterocycles. The minimum Gasteiger partial charge on any atom is -0.748 e. The summed E-state index contributed by atoms with van der Waals surface area (Å²) in [7, 11) is -4.13. The minimum atomic E-state index is -4.13. The molecule has 4 nitrogen and oxygen atoms in total. The monoisotopic (exact) mass is 402 g/mol. The standard InChI is InChI=1S/C19H40O4S.K/c1-3-5-14-18(20)15-12-10-8-7-9-11-13-17-19(16-6-4-2)24(21,22)23;/h18-20H,3-17H2,1-2H3,(H,21,22,23);/q;+1/p-1. The van der Waals surface area contributed by atoms with E-state index in [4.69, 9.17) is 0 Å². The van der Waals surface area contributed by atoms with E-state index < -0.39 is 15.4 Å². The smallest absolute Gasteiger partial charge is 0.748 e. The molecule has 0 aliphatic carbocycles. The molecular weight excluding hydrogens is 363 g/mol. The van der Waals surface area contributed by atoms with Gasteiger partial charge in [0.05, 0.1) is 16.2 Å². The topological polar surface area (TPSA) is 77.4 Å². The van der Waals surface area contributed by atoms with Crippen molar-refractivity contribution in [2.45, 2.75) is 122 Å². The Kier molecular flexibility index (Phi) is 21.7. The molecule has 0 saturated carbocycles. The van der Waals surface area contributed by atoms with Crippen molar-refractivity contribution in [1.82, 2.24) is 0 Å². The molecule has 1 N–H and O–H groups in total. The maximum atomic E-state index is 11.2. The molecule has 146 valence electrons. The van der Waals surface area contributed by atoms with E-state index in [1.165, 1.54) is 6.42 Å². The van der Waals surface area contributed by atoms with Crippen LogP contribution in [0.15, 0.2) is 0 Å². The molecule has 2 unspecified atom stereocenters. The first-order valence-electron chi connectivity index (χ1n) is 10.0. The van der Waals surface area contributed by atoms with Crippen LogP contribution in [0.4, 0.5) is 0 Å². The van der Waals surface area contributed by atoms with E-state index in [-0.39, 0.29) is 57.5 Å². The van der Waals surface area contributed by atoms with Crippen LogP contribution >= 0.6 is 0 Å². The Hall–Kier alpha value is 1.51. The molecule has 0 bridgehead atoms. The van der Waals surface area contributed by atoms with Gasteiger partial charge in [-0.3, -0.25) is 0 Å². The molecular formula is C19H39KO4S. The quantitative estimate of drug-likeness (QED) is 0.230. The van der Waals surface area contributed by atoms with Gasteiger partial charge in [-0.25, -0.2) is 8.42 Å². The zero-order chi connectivity index (χ0) is 18.3. The van der Waals surface area contributed by atoms with Crippen LogP contribution in [0.1, 0.15) is 110 Å². The molecule has 0 rings (SSSR count). The van der Waals surface area contributed by atoms with Crippen LogP contribution in [0.5, 0.6) is 0 Å². The number of rotatable bonds is 17. The van der Waals surface area contributed by atoms with E-state index in [0.29, 0.717) is 12.8 Å². The van der Waals surface area contributed by atoms with Gasteiger partial charge in [-0.2, -0.15) is 0 Å². The van der Waals surface area contributed by atoms with Gasteiger partial charge in [0, 0.05) is 5.25 Å². The second kappa shape index (κ2) is 18.9. The Bertz CT molecular complexity index is 374. The van der Waals surface area contributed by atoms with E-state index in [9.17, 15) is 18.1 Å². The third-order valence-corrected chi connectivity index (χ3v) is 6.03. The van der Waals surface area contributed by atoms with Gasteiger partial charge in [-0.15, -0.1) is 0 Å². The van der Waals surface area contributed by atoms with Gasteiger partial charge >= 0.3 is 51.4 Å². The third kappa shape index (κ3) is 18.6. The Morgan fingerprint density at radius 3 is 1.56 bits per heavy atom. The van der Waals surface area contributed by atoms with E-state index in [0.717, 1.165) is 77.0 Å². The van der Waals surface area contributed by atoms with Crippen LogP contribution < -0.4 is 51.4 Å². The van der Waals surface area contributed by atoms with Gasteiger partial charge in [0.25, 0.3) is 0 Å². The zero-order valence-electron chi connectivity index (χ0n) is 16.8. The molecule has 6 heteroatoms. The summed E-state index contributed by atoms with van der Waals surface area (Å²) in [5, 5.41) is 9.08. The van der Waals surface area contributed by atoms with E-state index in [1.807, 2.05) is 6.92 Å². The minimum absolute atomic E-state index is 0. The summed E-state index contributed by atoms with van der Waals surface area (Å²) in [5.41, 5.74) is 0. The van der Waals surface area contributed by atoms with Crippen LogP contribution in [0.3, 0.4) is 0 Å². The Morgan fingerprint density at radius 1 is 0.720 bits per heavy atom. The normalized spacial score (nSPS) is 14.1. The average Bonchev–Trinajstić information content (AvgIpc) is 2.52. The molecule has 0 aromatic heterocycles. The molecule has 0 spiro atoms. The van der Waals surface area contributed by atoms with Crippen LogP contribution in [0.2, 0.25) is 0 Å². The molecule has 0 aromatic carbocycles. The molecule has 0 radical (unpaired) electrons. The third-order valence-electron chi connectivity index (χ3n) is 4.74. The van der Waals surface area contributed by atoms with Gasteiger partial charge in [-0.1, -0.05) is 84.5 Å². The molecule has 2 atom stereocenters. The largest absolute Gasteiger partial charge is 1.00 e. The Balaban J connectivity index is 0. The zero-order valence-corrected chi connectivity index (χ0v) is 20.8. The predicted octanol–water partition coefficient (Wildman–Crippen LogP) is 2.16. The summed E-state index contributed by atoms with van der Waals surface area (Å²) in [5.74, 6) is 0. The summed E-state index contributed by atoms with van der Waals surface area (Å²) < 4.78 is 33.7. The van der Waals surface area contributed by atoms with Crippen LogP contribution in [0.25, 0.3) is 0 Å². The second-order valence-corrected chi connectivity index (χ2v) is 8.76. The first kappa shape index (κ1) is 28.7. The fraction of sp³-hybridized carbons (Fsp3) is 1.00. The summed E-state index contributed by atoms with van der Waals surface area (Å²) in [4.78, 5) is 0. The summed E-state index contributed by atoms with van der Waals surface area (Å²) in [6.07, 6.45) is 14.3. The van der Waals surface area contributed by atoms with Crippen LogP contribution in [0, 0.1) is 0 Å². The maximum absolute atomic E-state index is 11.2. The second-order valence-electron chi connectivity index (χ2n) is 7.11. The molecule has 25 heavy (non-hydrogen) atoms. The van der Waals surface area contributed by atoms with Crippen molar-refractivity contribution in [3.8, 4) is 0 Å². The van der Waals surface area contributed by atoms with Crippen molar-refractivity contribution in [3.05, 3.63) is 0 Å². The SMILES string of the molecule is CCCCC(O)CCCCCCCCCC(CCCC)S(=O)(=O)[O-].[K+]. The van der Waals surface area contributed by atoms with Gasteiger partial charge in [0.1, 0.15) is 0 Å². The number of aliphatic hydroxyl groups excluding tert-OH is 1. The molecule has 0 aliphatic rings. The van der Waals surface area contributed by atoms with Crippen molar-refractivity contribution in [2.24, 2.45) is 0 Å². The van der Waals surface area contributed by atoms with Gasteiger partial charge in [0.15, 0.2) is 0 Å². The number of aliphatic hydroxyl groups is 1. The Morgan fingerprint density at radius 2 is 1.08 bits per heavy atom. The Labute approximate surface area is 199 Å². The first-order valence-corrected chi connectivity index (χ1v) is 11.5. The van der Waals surface area contributed by atoms with Gasteiger partial charge in [-0.05, 0) is 25.7 Å². The molecule has 0 aromatic rings. The van der Waals surface area contributed by atoms with E-state index in [1.54, 1.807) is 0 Å². The van der Waals surface area contributed by atoms with E-state index in [2.05, 4.69) is 6.92 Å². The summed E-state index contributed by atoms with van der Waals surface area (Å²) >= 11 is 0. The van der Waals surface area contributed by atoms with Crippen LogP contribution in [-0.4, -0.2) is 29.4 Å². The molecule has 0 heterocycles. The molecule has 0 aliphatic heterocycles. The van der Waals surface area contributed by atoms with Crippen molar-refractivity contribution in [2.75, 3.05) is 0 Å². The number of hydrogen-bond donors (Lipinski definition) is 1. The average molecular weight is 403 g/mol. The van der Waals surface area contributed by atoms with Crippen molar-refractivity contribution < 1.29 is 69.5 Å². The van der Waals surface area contributed by atoms with Gasteiger partial charge in [0.2, 0.25) is 0 Å². The van der Waals surface area contributed by atoms with Crippen molar-refractivity contribution >= 4 is 10.1 Å². The van der Waals surface area contributed by atoms with Crippen molar-refractivity contribution in [3.63, 3.8) is 0 Å². The maximum Gasteiger partial charge on any atom is 1.00 e. The fourth-order valence-electron chi connectivity index (χ4n) is 3.08. The van der Waals surface area contributed by atoms with E-state index >= 15 is 0 Å². The predicted molar refractivity (Wildman–Crippen MR) is 100 cm³/mol. The molecule has 0 amide bonds.